The number of thioether (sulfide) groups is 1. The Morgan fingerprint density at radius 1 is 1.21 bits per heavy atom. The zero-order chi connectivity index (χ0) is 11.0. The van der Waals surface area contributed by atoms with Gasteiger partial charge in [0, 0.05) is 27.2 Å². The first kappa shape index (κ1) is 14.7. The molecule has 0 aliphatic rings. The van der Waals surface area contributed by atoms with Gasteiger partial charge in [-0.25, -0.2) is 0 Å². The van der Waals surface area contributed by atoms with Gasteiger partial charge >= 0.3 is 8.80 Å². The second-order valence-corrected chi connectivity index (χ2v) is 8.31. The van der Waals surface area contributed by atoms with Crippen LogP contribution in [0.1, 0.15) is 13.3 Å². The summed E-state index contributed by atoms with van der Waals surface area (Å²) in [5.41, 5.74) is 0. The smallest absolute Gasteiger partial charge is 0.376 e. The second-order valence-electron chi connectivity index (χ2n) is 2.77. The third-order valence-corrected chi connectivity index (χ3v) is 7.36. The molecule has 0 heterocycles. The Morgan fingerprint density at radius 3 is 2.07 bits per heavy atom. The van der Waals surface area contributed by atoms with E-state index in [0.29, 0.717) is 5.88 Å². The molecule has 0 aliphatic heterocycles. The molecule has 1 unspecified atom stereocenters. The summed E-state index contributed by atoms with van der Waals surface area (Å²) in [4.78, 5) is 0.241. The fourth-order valence-corrected chi connectivity index (χ4v) is 5.65. The van der Waals surface area contributed by atoms with Crippen LogP contribution < -0.4 is 0 Å². The highest BCUT2D eigenvalue weighted by Crippen LogP contribution is 2.24. The van der Waals surface area contributed by atoms with E-state index in [1.54, 1.807) is 33.1 Å². The molecule has 0 aromatic rings. The molecule has 14 heavy (non-hydrogen) atoms. The number of hydrogen-bond donors (Lipinski definition) is 0. The highest BCUT2D eigenvalue weighted by molar-refractivity contribution is 8.01. The molecule has 0 fully saturated rings. The summed E-state index contributed by atoms with van der Waals surface area (Å²) < 4.78 is 16.1. The Morgan fingerprint density at radius 2 is 1.71 bits per heavy atom. The third-order valence-electron chi connectivity index (χ3n) is 2.00. The van der Waals surface area contributed by atoms with Gasteiger partial charge in [-0.15, -0.1) is 11.6 Å². The van der Waals surface area contributed by atoms with Crippen LogP contribution in [0.4, 0.5) is 0 Å². The number of rotatable bonds is 8. The number of alkyl halides is 1. The number of halogens is 1. The summed E-state index contributed by atoms with van der Waals surface area (Å²) in [6, 6.07) is 0. The third kappa shape index (κ3) is 4.08. The maximum atomic E-state index is 5.61. The molecule has 0 radical (unpaired) electrons. The molecule has 1 atom stereocenters. The molecule has 0 amide bonds. The Labute approximate surface area is 96.8 Å². The first-order valence-corrected chi connectivity index (χ1v) is 7.88. The second kappa shape index (κ2) is 7.96. The van der Waals surface area contributed by atoms with Crippen LogP contribution in [0, 0.1) is 0 Å². The molecule has 0 bridgehead atoms. The van der Waals surface area contributed by atoms with Crippen molar-refractivity contribution in [3.63, 3.8) is 0 Å². The summed E-state index contributed by atoms with van der Waals surface area (Å²) in [5, 5.41) is 0. The molecule has 0 spiro atoms. The molecule has 3 nitrogen and oxygen atoms in total. The van der Waals surface area contributed by atoms with Crippen LogP contribution in [0.5, 0.6) is 0 Å². The van der Waals surface area contributed by atoms with Crippen molar-refractivity contribution in [3.8, 4) is 0 Å². The first-order chi connectivity index (χ1) is 6.66. The molecule has 0 saturated carbocycles. The summed E-state index contributed by atoms with van der Waals surface area (Å²) in [7, 11) is 2.46. The summed E-state index contributed by atoms with van der Waals surface area (Å²) >= 11 is 7.39. The Hall–Kier alpha value is 0.737. The predicted molar refractivity (Wildman–Crippen MR) is 64.0 cm³/mol. The summed E-state index contributed by atoms with van der Waals surface area (Å²) in [6.45, 7) is 2.07. The van der Waals surface area contributed by atoms with E-state index in [1.807, 2.05) is 0 Å². The van der Waals surface area contributed by atoms with E-state index in [1.165, 1.54) is 0 Å². The van der Waals surface area contributed by atoms with Crippen molar-refractivity contribution in [1.29, 1.82) is 0 Å². The molecule has 0 N–H and O–H groups in total. The highest BCUT2D eigenvalue weighted by atomic mass is 35.5. The van der Waals surface area contributed by atoms with Crippen molar-refractivity contribution < 1.29 is 13.3 Å². The molecule has 0 saturated heterocycles. The quantitative estimate of drug-likeness (QED) is 0.379. The van der Waals surface area contributed by atoms with Crippen LogP contribution in [0.2, 0.25) is 0 Å². The molecule has 0 aliphatic carbocycles. The summed E-state index contributed by atoms with van der Waals surface area (Å²) in [6.07, 6.45) is 0.998. The van der Waals surface area contributed by atoms with Gasteiger partial charge in [0.2, 0.25) is 0 Å². The van der Waals surface area contributed by atoms with Crippen LogP contribution in [-0.4, -0.2) is 46.6 Å². The van der Waals surface area contributed by atoms with Crippen LogP contribution in [0.15, 0.2) is 0 Å². The van der Waals surface area contributed by atoms with E-state index < -0.39 is 8.80 Å². The Bertz CT molecular complexity index is 138. The van der Waals surface area contributed by atoms with Gasteiger partial charge < -0.3 is 13.3 Å². The minimum absolute atomic E-state index is 0.241. The lowest BCUT2D eigenvalue weighted by atomic mass is 10.6. The van der Waals surface area contributed by atoms with Crippen LogP contribution in [0.3, 0.4) is 0 Å². The van der Waals surface area contributed by atoms with Gasteiger partial charge in [0.25, 0.3) is 0 Å². The Kier molecular flexibility index (Phi) is 8.37. The zero-order valence-electron chi connectivity index (χ0n) is 9.21. The fraction of sp³-hybridized carbons (Fsp3) is 1.00. The van der Waals surface area contributed by atoms with Crippen molar-refractivity contribution >= 4 is 32.2 Å². The molecule has 0 aromatic carbocycles. The molecule has 0 rings (SSSR count). The van der Waals surface area contributed by atoms with Gasteiger partial charge in [-0.3, -0.25) is 0 Å². The van der Waals surface area contributed by atoms with E-state index in [2.05, 4.69) is 6.92 Å². The maximum Gasteiger partial charge on any atom is 0.513 e. The van der Waals surface area contributed by atoms with Crippen molar-refractivity contribution in [2.24, 2.45) is 0 Å². The van der Waals surface area contributed by atoms with Gasteiger partial charge in [-0.1, -0.05) is 0 Å². The average Bonchev–Trinajstić information content (AvgIpc) is 2.22. The van der Waals surface area contributed by atoms with E-state index in [-0.39, 0.29) is 4.87 Å². The van der Waals surface area contributed by atoms with Crippen molar-refractivity contribution in [1.82, 2.24) is 0 Å². The van der Waals surface area contributed by atoms with Gasteiger partial charge in [0.1, 0.15) is 0 Å². The first-order valence-electron chi connectivity index (χ1n) is 4.49. The topological polar surface area (TPSA) is 27.7 Å². The fourth-order valence-electron chi connectivity index (χ4n) is 1.16. The van der Waals surface area contributed by atoms with Gasteiger partial charge in [0.15, 0.2) is 0 Å². The molecule has 6 heteroatoms. The van der Waals surface area contributed by atoms with E-state index in [0.717, 1.165) is 12.2 Å². The lowest BCUT2D eigenvalue weighted by molar-refractivity contribution is 0.123. The number of hydrogen-bond acceptors (Lipinski definition) is 4. The van der Waals surface area contributed by atoms with Gasteiger partial charge in [0.05, 0.1) is 4.87 Å². The van der Waals surface area contributed by atoms with Crippen LogP contribution >= 0.6 is 23.4 Å². The predicted octanol–water partition coefficient (Wildman–Crippen LogP) is 2.15. The minimum atomic E-state index is -2.45. The minimum Gasteiger partial charge on any atom is -0.376 e. The lowest BCUT2D eigenvalue weighted by Crippen LogP contribution is -2.51. The standard InChI is InChI=1S/C8H19ClO3SSi/c1-8(13-7-5-6-9)14(10-2,11-3)12-4/h8H,5-7H2,1-4H3. The van der Waals surface area contributed by atoms with Crippen molar-refractivity contribution in [3.05, 3.63) is 0 Å². The normalized spacial score (nSPS) is 14.4. The van der Waals surface area contributed by atoms with Crippen molar-refractivity contribution in [2.75, 3.05) is 33.0 Å². The van der Waals surface area contributed by atoms with E-state index in [9.17, 15) is 0 Å². The van der Waals surface area contributed by atoms with E-state index in [4.69, 9.17) is 24.9 Å². The molecular formula is C8H19ClO3SSi. The average molecular weight is 259 g/mol. The highest BCUT2D eigenvalue weighted by Gasteiger charge is 2.44. The molecule has 86 valence electrons. The maximum absolute atomic E-state index is 5.61. The largest absolute Gasteiger partial charge is 0.513 e. The molecular weight excluding hydrogens is 240 g/mol. The SMILES string of the molecule is CO[Si](OC)(OC)C(C)SCCCCl. The monoisotopic (exact) mass is 258 g/mol. The van der Waals surface area contributed by atoms with Gasteiger partial charge in [-0.05, 0) is 19.1 Å². The van der Waals surface area contributed by atoms with Gasteiger partial charge in [-0.2, -0.15) is 11.8 Å². The van der Waals surface area contributed by atoms with Crippen molar-refractivity contribution in [2.45, 2.75) is 18.2 Å². The molecule has 0 aromatic heterocycles. The van der Waals surface area contributed by atoms with Crippen LogP contribution in [0.25, 0.3) is 0 Å². The van der Waals surface area contributed by atoms with E-state index >= 15 is 0 Å². The van der Waals surface area contributed by atoms with Crippen LogP contribution in [-0.2, 0) is 13.3 Å². The Balaban J connectivity index is 4.07. The zero-order valence-corrected chi connectivity index (χ0v) is 11.8. The summed E-state index contributed by atoms with van der Waals surface area (Å²) in [5.74, 6) is 1.71. The lowest BCUT2D eigenvalue weighted by Gasteiger charge is -2.29.